The molecule has 0 heterocycles. The Morgan fingerprint density at radius 3 is 2.53 bits per heavy atom. The van der Waals surface area contributed by atoms with Crippen molar-refractivity contribution < 1.29 is 14.6 Å². The predicted octanol–water partition coefficient (Wildman–Crippen LogP) is 3.19. The third-order valence-corrected chi connectivity index (χ3v) is 2.81. The molecule has 0 saturated carbocycles. The lowest BCUT2D eigenvalue weighted by atomic mass is 9.98. The van der Waals surface area contributed by atoms with Gasteiger partial charge in [-0.25, -0.2) is 0 Å². The van der Waals surface area contributed by atoms with Crippen LogP contribution in [-0.4, -0.2) is 18.0 Å². The van der Waals surface area contributed by atoms with Crippen molar-refractivity contribution in [1.82, 2.24) is 0 Å². The highest BCUT2D eigenvalue weighted by Crippen LogP contribution is 2.33. The van der Waals surface area contributed by atoms with Crippen molar-refractivity contribution in [2.75, 3.05) is 7.11 Å². The molecule has 3 nitrogen and oxygen atoms in total. The molecular weight excluding hydrogens is 216 g/mol. The van der Waals surface area contributed by atoms with Gasteiger partial charge in [0.25, 0.3) is 0 Å². The average Bonchev–Trinajstić information content (AvgIpc) is 2.26. The van der Waals surface area contributed by atoms with Crippen LogP contribution < -0.4 is 4.74 Å². The third-order valence-electron chi connectivity index (χ3n) is 2.81. The Labute approximate surface area is 102 Å². The Hall–Kier alpha value is -1.51. The zero-order valence-electron chi connectivity index (χ0n) is 10.9. The molecule has 0 aliphatic rings. The molecule has 0 aromatic heterocycles. The number of hydrogen-bond donors (Lipinski definition) is 1. The second-order valence-corrected chi connectivity index (χ2v) is 4.63. The zero-order valence-corrected chi connectivity index (χ0v) is 10.9. The number of carbonyl (C=O) groups excluding carboxylic acids is 1. The number of phenols is 1. The summed E-state index contributed by atoms with van der Waals surface area (Å²) in [5.74, 6) is 1.13. The summed E-state index contributed by atoms with van der Waals surface area (Å²) in [5, 5.41) is 10.1. The molecule has 1 N–H and O–H groups in total. The fourth-order valence-electron chi connectivity index (χ4n) is 1.77. The molecule has 1 rings (SSSR count). The Kier molecular flexibility index (Phi) is 4.55. The Morgan fingerprint density at radius 2 is 2.06 bits per heavy atom. The van der Waals surface area contributed by atoms with Crippen molar-refractivity contribution in [3.05, 3.63) is 23.3 Å². The highest BCUT2D eigenvalue weighted by Gasteiger charge is 2.15. The van der Waals surface area contributed by atoms with Crippen LogP contribution in [0.4, 0.5) is 0 Å². The van der Waals surface area contributed by atoms with Crippen LogP contribution in [0.3, 0.4) is 0 Å². The van der Waals surface area contributed by atoms with E-state index in [2.05, 4.69) is 13.8 Å². The monoisotopic (exact) mass is 236 g/mol. The standard InChI is InChI=1S/C14H20O3/c1-9(2)5-6-12-13(17-4)8-7-11(10(3)15)14(12)16/h7-9,16H,5-6H2,1-4H3. The van der Waals surface area contributed by atoms with Gasteiger partial charge in [-0.2, -0.15) is 0 Å². The van der Waals surface area contributed by atoms with Crippen LogP contribution >= 0.6 is 0 Å². The van der Waals surface area contributed by atoms with Gasteiger partial charge in [0, 0.05) is 5.56 Å². The van der Waals surface area contributed by atoms with E-state index in [1.54, 1.807) is 19.2 Å². The number of methoxy groups -OCH3 is 1. The summed E-state index contributed by atoms with van der Waals surface area (Å²) in [6.45, 7) is 5.70. The third kappa shape index (κ3) is 3.22. The summed E-state index contributed by atoms with van der Waals surface area (Å²) in [6, 6.07) is 3.35. The number of Topliss-reactive ketones (excluding diaryl/α,β-unsaturated/α-hetero) is 1. The molecule has 1 aromatic rings. The van der Waals surface area contributed by atoms with E-state index in [-0.39, 0.29) is 11.5 Å². The van der Waals surface area contributed by atoms with E-state index >= 15 is 0 Å². The molecular formula is C14H20O3. The molecule has 0 aliphatic heterocycles. The number of rotatable bonds is 5. The van der Waals surface area contributed by atoms with Crippen LogP contribution in [0.1, 0.15) is 43.1 Å². The van der Waals surface area contributed by atoms with Crippen LogP contribution in [0, 0.1) is 5.92 Å². The van der Waals surface area contributed by atoms with E-state index in [4.69, 9.17) is 4.74 Å². The van der Waals surface area contributed by atoms with Crippen LogP contribution in [0.25, 0.3) is 0 Å². The van der Waals surface area contributed by atoms with Crippen molar-refractivity contribution in [3.63, 3.8) is 0 Å². The molecule has 0 bridgehead atoms. The van der Waals surface area contributed by atoms with E-state index in [9.17, 15) is 9.90 Å². The minimum Gasteiger partial charge on any atom is -0.507 e. The first kappa shape index (κ1) is 13.6. The van der Waals surface area contributed by atoms with Gasteiger partial charge in [0.05, 0.1) is 12.7 Å². The first-order valence-electron chi connectivity index (χ1n) is 5.87. The van der Waals surface area contributed by atoms with E-state index in [0.717, 1.165) is 12.0 Å². The van der Waals surface area contributed by atoms with Crippen molar-refractivity contribution in [1.29, 1.82) is 0 Å². The quantitative estimate of drug-likeness (QED) is 0.799. The topological polar surface area (TPSA) is 46.5 Å². The zero-order chi connectivity index (χ0) is 13.0. The molecule has 0 saturated heterocycles. The number of hydrogen-bond acceptors (Lipinski definition) is 3. The van der Waals surface area contributed by atoms with Gasteiger partial charge in [-0.15, -0.1) is 0 Å². The molecule has 0 unspecified atom stereocenters. The fourth-order valence-corrected chi connectivity index (χ4v) is 1.77. The molecule has 0 amide bonds. The summed E-state index contributed by atoms with van der Waals surface area (Å²) in [7, 11) is 1.57. The number of aromatic hydroxyl groups is 1. The largest absolute Gasteiger partial charge is 0.507 e. The van der Waals surface area contributed by atoms with Crippen LogP contribution in [0.15, 0.2) is 12.1 Å². The molecule has 3 heteroatoms. The van der Waals surface area contributed by atoms with Gasteiger partial charge in [-0.1, -0.05) is 13.8 Å². The SMILES string of the molecule is COc1ccc(C(C)=O)c(O)c1CCC(C)C. The normalized spacial score (nSPS) is 10.6. The maximum atomic E-state index is 11.4. The van der Waals surface area contributed by atoms with Gasteiger partial charge < -0.3 is 9.84 Å². The van der Waals surface area contributed by atoms with E-state index < -0.39 is 0 Å². The van der Waals surface area contributed by atoms with Gasteiger partial charge in [0.2, 0.25) is 0 Å². The molecule has 0 spiro atoms. The highest BCUT2D eigenvalue weighted by atomic mass is 16.5. The van der Waals surface area contributed by atoms with Crippen LogP contribution in [-0.2, 0) is 6.42 Å². The summed E-state index contributed by atoms with van der Waals surface area (Å²) >= 11 is 0. The fraction of sp³-hybridized carbons (Fsp3) is 0.500. The number of phenolic OH excluding ortho intramolecular Hbond substituents is 1. The van der Waals surface area contributed by atoms with Crippen molar-refractivity contribution in [3.8, 4) is 11.5 Å². The molecule has 0 atom stereocenters. The molecule has 0 radical (unpaired) electrons. The lowest BCUT2D eigenvalue weighted by Gasteiger charge is -2.13. The van der Waals surface area contributed by atoms with Gasteiger partial charge in [-0.05, 0) is 37.8 Å². The minimum atomic E-state index is -0.129. The number of ketones is 1. The molecule has 94 valence electrons. The first-order chi connectivity index (χ1) is 7.97. The maximum Gasteiger partial charge on any atom is 0.163 e. The summed E-state index contributed by atoms with van der Waals surface area (Å²) in [5.41, 5.74) is 1.10. The lowest BCUT2D eigenvalue weighted by molar-refractivity contribution is 0.101. The molecule has 17 heavy (non-hydrogen) atoms. The van der Waals surface area contributed by atoms with E-state index in [1.807, 2.05) is 0 Å². The Balaban J connectivity index is 3.13. The average molecular weight is 236 g/mol. The van der Waals surface area contributed by atoms with Crippen LogP contribution in [0.5, 0.6) is 11.5 Å². The first-order valence-corrected chi connectivity index (χ1v) is 5.87. The van der Waals surface area contributed by atoms with Gasteiger partial charge in [-0.3, -0.25) is 4.79 Å². The van der Waals surface area contributed by atoms with Gasteiger partial charge in [0.15, 0.2) is 5.78 Å². The van der Waals surface area contributed by atoms with Crippen molar-refractivity contribution in [2.45, 2.75) is 33.6 Å². The Bertz CT molecular complexity index is 408. The summed E-state index contributed by atoms with van der Waals surface area (Å²) in [6.07, 6.45) is 1.67. The number of ether oxygens (including phenoxy) is 1. The van der Waals surface area contributed by atoms with E-state index in [1.165, 1.54) is 6.92 Å². The minimum absolute atomic E-state index is 0.0671. The van der Waals surface area contributed by atoms with Crippen molar-refractivity contribution in [2.24, 2.45) is 5.92 Å². The second-order valence-electron chi connectivity index (χ2n) is 4.63. The van der Waals surface area contributed by atoms with Gasteiger partial charge >= 0.3 is 0 Å². The number of benzene rings is 1. The summed E-state index contributed by atoms with van der Waals surface area (Å²) < 4.78 is 5.22. The predicted molar refractivity (Wildman–Crippen MR) is 67.8 cm³/mol. The van der Waals surface area contributed by atoms with E-state index in [0.29, 0.717) is 23.7 Å². The number of carbonyl (C=O) groups is 1. The van der Waals surface area contributed by atoms with Crippen LogP contribution in [0.2, 0.25) is 0 Å². The van der Waals surface area contributed by atoms with Crippen molar-refractivity contribution >= 4 is 5.78 Å². The molecule has 0 aliphatic carbocycles. The highest BCUT2D eigenvalue weighted by molar-refractivity contribution is 5.97. The summed E-state index contributed by atoms with van der Waals surface area (Å²) in [4.78, 5) is 11.4. The second kappa shape index (κ2) is 5.71. The lowest BCUT2D eigenvalue weighted by Crippen LogP contribution is -2.01. The Morgan fingerprint density at radius 1 is 1.41 bits per heavy atom. The van der Waals surface area contributed by atoms with Gasteiger partial charge in [0.1, 0.15) is 11.5 Å². The smallest absolute Gasteiger partial charge is 0.163 e. The maximum absolute atomic E-state index is 11.4. The molecule has 0 fully saturated rings. The molecule has 1 aromatic carbocycles.